The zero-order chi connectivity index (χ0) is 31.3. The van der Waals surface area contributed by atoms with E-state index in [9.17, 15) is 23.0 Å². The number of carbonyl (C=O) groups is 2. The van der Waals surface area contributed by atoms with E-state index >= 15 is 0 Å². The largest absolute Gasteiger partial charge is 0.437 e. The number of nitrogens with zero attached hydrogens (tertiary/aromatic N) is 1. The summed E-state index contributed by atoms with van der Waals surface area (Å²) in [5.74, 6) is -0.859. The Morgan fingerprint density at radius 2 is 1.70 bits per heavy atom. The van der Waals surface area contributed by atoms with Gasteiger partial charge in [0.05, 0.1) is 29.2 Å². The molecule has 1 aliphatic carbocycles. The molecule has 2 aromatic carbocycles. The van der Waals surface area contributed by atoms with Crippen molar-refractivity contribution in [2.75, 3.05) is 19.7 Å². The molecule has 1 fully saturated rings. The molecule has 43 heavy (non-hydrogen) atoms. The average molecular weight is 611 g/mol. The Balaban J connectivity index is 1.65. The predicted octanol–water partition coefficient (Wildman–Crippen LogP) is 2.67. The first-order chi connectivity index (χ1) is 20.4. The standard InChI is InChI=1S/C31H43BN4O6S/c1-5-36(20-25-27(24-16-10-7-11-17-24)43(40,41)35-31(25)18-12-13-19-31)28(37)26(22-42-21-23-14-8-6-9-15-23)33-29(38)30(2,3)34-32(4)39/h6-11,14-17,26,34-35,39H,5,12-13,18-22H2,1-4H3,(H,33,38)/t26-/m1/s1. The molecule has 4 rings (SSSR count). The minimum absolute atomic E-state index is 0.0894. The lowest BCUT2D eigenvalue weighted by Gasteiger charge is -2.34. The van der Waals surface area contributed by atoms with Crippen LogP contribution in [-0.4, -0.2) is 74.0 Å². The molecule has 0 bridgehead atoms. The van der Waals surface area contributed by atoms with Gasteiger partial charge in [0.25, 0.3) is 0 Å². The fourth-order valence-electron chi connectivity index (χ4n) is 6.00. The molecule has 2 amide bonds. The minimum Gasteiger partial charge on any atom is -0.437 e. The third kappa shape index (κ3) is 7.74. The number of nitrogens with one attached hydrogen (secondary N) is 3. The molecule has 0 aromatic heterocycles. The van der Waals surface area contributed by atoms with E-state index in [0.717, 1.165) is 18.4 Å². The Labute approximate surface area is 255 Å². The van der Waals surface area contributed by atoms with Crippen molar-refractivity contribution in [1.82, 2.24) is 20.2 Å². The normalized spacial score (nSPS) is 18.1. The fourth-order valence-corrected chi connectivity index (χ4v) is 7.98. The molecule has 0 saturated heterocycles. The van der Waals surface area contributed by atoms with Gasteiger partial charge in [0, 0.05) is 13.1 Å². The minimum atomic E-state index is -3.81. The zero-order valence-electron chi connectivity index (χ0n) is 25.4. The summed E-state index contributed by atoms with van der Waals surface area (Å²) in [6, 6.07) is 17.5. The molecule has 4 N–H and O–H groups in total. The zero-order valence-corrected chi connectivity index (χ0v) is 26.2. The molecule has 1 atom stereocenters. The number of hydrogen-bond donors (Lipinski definition) is 4. The summed E-state index contributed by atoms with van der Waals surface area (Å²) in [5, 5.41) is 15.5. The first-order valence-electron chi connectivity index (χ1n) is 14.9. The molecular formula is C31H43BN4O6S. The number of benzene rings is 2. The molecule has 0 unspecified atom stereocenters. The smallest absolute Gasteiger partial charge is 0.374 e. The summed E-state index contributed by atoms with van der Waals surface area (Å²) >= 11 is 0. The van der Waals surface area contributed by atoms with Crippen LogP contribution in [0.25, 0.3) is 4.91 Å². The maximum atomic E-state index is 14.2. The first-order valence-corrected chi connectivity index (χ1v) is 16.4. The Bertz CT molecular complexity index is 1410. The van der Waals surface area contributed by atoms with Crippen LogP contribution < -0.4 is 15.3 Å². The van der Waals surface area contributed by atoms with E-state index in [1.165, 1.54) is 6.82 Å². The van der Waals surface area contributed by atoms with E-state index in [4.69, 9.17) is 4.74 Å². The predicted molar refractivity (Wildman–Crippen MR) is 168 cm³/mol. The summed E-state index contributed by atoms with van der Waals surface area (Å²) in [6.07, 6.45) is 3.07. The second-order valence-corrected chi connectivity index (χ2v) is 13.5. The number of rotatable bonds is 13. The number of amides is 2. The van der Waals surface area contributed by atoms with Gasteiger partial charge in [0.1, 0.15) is 6.04 Å². The molecule has 1 heterocycles. The first kappa shape index (κ1) is 32.9. The average Bonchev–Trinajstić information content (AvgIpc) is 3.51. The number of likely N-dealkylation sites (N-methyl/N-ethyl adjacent to an activating group) is 1. The lowest BCUT2D eigenvalue weighted by molar-refractivity contribution is -0.139. The molecule has 2 aromatic rings. The van der Waals surface area contributed by atoms with Crippen LogP contribution >= 0.6 is 0 Å². The van der Waals surface area contributed by atoms with Crippen LogP contribution in [-0.2, 0) is 31.0 Å². The monoisotopic (exact) mass is 610 g/mol. The van der Waals surface area contributed by atoms with Crippen molar-refractivity contribution in [3.05, 3.63) is 77.4 Å². The van der Waals surface area contributed by atoms with Crippen LogP contribution in [0.5, 0.6) is 0 Å². The summed E-state index contributed by atoms with van der Waals surface area (Å²) in [6.45, 7) is 7.13. The summed E-state index contributed by atoms with van der Waals surface area (Å²) in [4.78, 5) is 29.3. The molecule has 1 saturated carbocycles. The molecule has 12 heteroatoms. The van der Waals surface area contributed by atoms with Gasteiger partial charge in [-0.1, -0.05) is 73.5 Å². The second-order valence-electron chi connectivity index (χ2n) is 11.9. The van der Waals surface area contributed by atoms with Gasteiger partial charge in [-0.25, -0.2) is 13.1 Å². The van der Waals surface area contributed by atoms with Gasteiger partial charge in [0.2, 0.25) is 21.8 Å². The van der Waals surface area contributed by atoms with Crippen LogP contribution in [0.15, 0.2) is 66.2 Å². The molecule has 232 valence electrons. The van der Waals surface area contributed by atoms with Gasteiger partial charge in [-0.2, -0.15) is 0 Å². The SMILES string of the molecule is CCN(CC1=C(c2ccccc2)S(=O)(=O)NC12CCCC2)C(=O)[C@@H](COCc1ccccc1)NC(=O)C(C)(C)NB(C)O. The lowest BCUT2D eigenvalue weighted by Crippen LogP contribution is -2.61. The topological polar surface area (TPSA) is 137 Å². The van der Waals surface area contributed by atoms with E-state index in [1.807, 2.05) is 43.3 Å². The third-order valence-corrected chi connectivity index (χ3v) is 9.80. The number of carbonyl (C=O) groups excluding carboxylic acids is 2. The van der Waals surface area contributed by atoms with Gasteiger partial charge in [-0.15, -0.1) is 0 Å². The van der Waals surface area contributed by atoms with E-state index in [0.29, 0.717) is 30.5 Å². The van der Waals surface area contributed by atoms with E-state index < -0.39 is 40.1 Å². The quantitative estimate of drug-likeness (QED) is 0.256. The third-order valence-electron chi connectivity index (χ3n) is 8.12. The molecule has 2 aliphatic rings. The van der Waals surface area contributed by atoms with Crippen LogP contribution in [0, 0.1) is 0 Å². The number of hydrogen-bond acceptors (Lipinski definition) is 7. The highest BCUT2D eigenvalue weighted by Crippen LogP contribution is 2.46. The lowest BCUT2D eigenvalue weighted by atomic mass is 9.83. The van der Waals surface area contributed by atoms with E-state index in [-0.39, 0.29) is 30.6 Å². The van der Waals surface area contributed by atoms with Crippen LogP contribution in [0.2, 0.25) is 6.82 Å². The summed E-state index contributed by atoms with van der Waals surface area (Å²) < 4.78 is 36.0. The van der Waals surface area contributed by atoms with Crippen molar-refractivity contribution < 1.29 is 27.8 Å². The van der Waals surface area contributed by atoms with Crippen molar-refractivity contribution in [2.45, 2.75) is 77.0 Å². The fraction of sp³-hybridized carbons (Fsp3) is 0.484. The van der Waals surface area contributed by atoms with Crippen LogP contribution in [0.1, 0.15) is 57.6 Å². The Morgan fingerprint density at radius 3 is 2.28 bits per heavy atom. The summed E-state index contributed by atoms with van der Waals surface area (Å²) in [7, 11) is -4.76. The van der Waals surface area contributed by atoms with Crippen molar-refractivity contribution in [3.63, 3.8) is 0 Å². The van der Waals surface area contributed by atoms with Gasteiger partial charge in [0.15, 0.2) is 0 Å². The highest BCUT2D eigenvalue weighted by Gasteiger charge is 2.50. The van der Waals surface area contributed by atoms with Crippen molar-refractivity contribution in [2.24, 2.45) is 0 Å². The Hall–Kier alpha value is -3.03. The molecule has 1 spiro atoms. The summed E-state index contributed by atoms with van der Waals surface area (Å²) in [5.41, 5.74) is 0.260. The van der Waals surface area contributed by atoms with E-state index in [2.05, 4.69) is 15.3 Å². The van der Waals surface area contributed by atoms with Gasteiger partial charge in [-0.3, -0.25) is 9.59 Å². The molecule has 10 nitrogen and oxygen atoms in total. The van der Waals surface area contributed by atoms with Gasteiger partial charge in [-0.05, 0) is 57.1 Å². The maximum Gasteiger partial charge on any atom is 0.374 e. The van der Waals surface area contributed by atoms with Crippen LogP contribution in [0.3, 0.4) is 0 Å². The number of sulfonamides is 1. The van der Waals surface area contributed by atoms with Crippen molar-refractivity contribution >= 4 is 33.8 Å². The maximum absolute atomic E-state index is 14.2. The van der Waals surface area contributed by atoms with Crippen LogP contribution in [0.4, 0.5) is 0 Å². The Kier molecular flexibility index (Phi) is 10.5. The second kappa shape index (κ2) is 13.7. The van der Waals surface area contributed by atoms with E-state index in [1.54, 1.807) is 43.0 Å². The highest BCUT2D eigenvalue weighted by molar-refractivity contribution is 7.99. The van der Waals surface area contributed by atoms with Gasteiger partial charge >= 0.3 is 7.05 Å². The molecular weight excluding hydrogens is 567 g/mol. The van der Waals surface area contributed by atoms with Crippen molar-refractivity contribution in [1.29, 1.82) is 0 Å². The Morgan fingerprint density at radius 1 is 1.09 bits per heavy atom. The van der Waals surface area contributed by atoms with Gasteiger partial charge < -0.3 is 25.2 Å². The molecule has 0 radical (unpaired) electrons. The number of ether oxygens (including phenoxy) is 1. The van der Waals surface area contributed by atoms with Crippen molar-refractivity contribution in [3.8, 4) is 0 Å². The molecule has 1 aliphatic heterocycles. The highest BCUT2D eigenvalue weighted by atomic mass is 32.2.